The number of fused-ring (bicyclic) bond motifs is 1. The van der Waals surface area contributed by atoms with Crippen molar-refractivity contribution in [2.75, 3.05) is 6.54 Å². The van der Waals surface area contributed by atoms with Gasteiger partial charge in [0.2, 0.25) is 5.91 Å². The van der Waals surface area contributed by atoms with E-state index in [9.17, 15) is 9.59 Å². The highest BCUT2D eigenvalue weighted by molar-refractivity contribution is 5.84. The zero-order valence-corrected chi connectivity index (χ0v) is 13.9. The summed E-state index contributed by atoms with van der Waals surface area (Å²) in [4.78, 5) is 35.8. The number of nitrogens with zero attached hydrogens (tertiary/aromatic N) is 2. The van der Waals surface area contributed by atoms with E-state index in [0.29, 0.717) is 12.8 Å². The number of hydrogen-bond donors (Lipinski definition) is 2. The fourth-order valence-electron chi connectivity index (χ4n) is 3.69. The molecule has 2 N–H and O–H groups in total. The second-order valence-corrected chi connectivity index (χ2v) is 6.43. The largest absolute Gasteiger partial charge is 0.361 e. The summed E-state index contributed by atoms with van der Waals surface area (Å²) in [6, 6.07) is 9.86. The Kier molecular flexibility index (Phi) is 4.09. The molecule has 1 saturated heterocycles. The van der Waals surface area contributed by atoms with Crippen molar-refractivity contribution in [2.45, 2.75) is 31.7 Å². The molecule has 1 aliphatic heterocycles. The minimum atomic E-state index is -0.365. The Morgan fingerprint density at radius 2 is 2.16 bits per heavy atom. The number of nitrogens with one attached hydrogen (secondary N) is 2. The zero-order chi connectivity index (χ0) is 17.2. The number of aryl methyl sites for hydroxylation is 1. The van der Waals surface area contributed by atoms with Crippen LogP contribution in [0.25, 0.3) is 10.9 Å². The van der Waals surface area contributed by atoms with E-state index in [0.717, 1.165) is 36.2 Å². The van der Waals surface area contributed by atoms with Crippen molar-refractivity contribution in [3.8, 4) is 0 Å². The first-order valence-corrected chi connectivity index (χ1v) is 8.62. The quantitative estimate of drug-likeness (QED) is 0.768. The van der Waals surface area contributed by atoms with Crippen molar-refractivity contribution >= 4 is 16.8 Å². The molecule has 4 rings (SSSR count). The summed E-state index contributed by atoms with van der Waals surface area (Å²) >= 11 is 0. The van der Waals surface area contributed by atoms with Gasteiger partial charge in [-0.3, -0.25) is 4.79 Å². The Morgan fingerprint density at radius 1 is 1.28 bits per heavy atom. The number of aromatic amines is 2. The third kappa shape index (κ3) is 3.07. The molecule has 25 heavy (non-hydrogen) atoms. The monoisotopic (exact) mass is 336 g/mol. The van der Waals surface area contributed by atoms with Gasteiger partial charge in [0.05, 0.1) is 6.04 Å². The van der Waals surface area contributed by atoms with E-state index in [-0.39, 0.29) is 17.6 Å². The molecule has 1 aromatic carbocycles. The number of aromatic nitrogens is 3. The molecular weight excluding hydrogens is 316 g/mol. The van der Waals surface area contributed by atoms with Crippen molar-refractivity contribution < 1.29 is 4.79 Å². The summed E-state index contributed by atoms with van der Waals surface area (Å²) in [6.07, 6.45) is 6.49. The number of benzene rings is 1. The fraction of sp³-hybridized carbons (Fsp3) is 0.316. The lowest BCUT2D eigenvalue weighted by Crippen LogP contribution is -2.32. The SMILES string of the molecule is O=C(CCc1c[nH]c2ccccc12)N1CCC[C@@H]1c1ccnc(=O)[nH]1. The van der Waals surface area contributed by atoms with Crippen LogP contribution in [0, 0.1) is 0 Å². The molecule has 0 radical (unpaired) electrons. The Balaban J connectivity index is 1.48. The summed E-state index contributed by atoms with van der Waals surface area (Å²) in [7, 11) is 0. The molecule has 1 amide bonds. The van der Waals surface area contributed by atoms with E-state index < -0.39 is 0 Å². The smallest absolute Gasteiger partial charge is 0.345 e. The molecular formula is C19H20N4O2. The molecule has 1 fully saturated rings. The molecule has 0 saturated carbocycles. The van der Waals surface area contributed by atoms with Crippen LogP contribution in [0.4, 0.5) is 0 Å². The van der Waals surface area contributed by atoms with Gasteiger partial charge in [0.25, 0.3) is 0 Å². The summed E-state index contributed by atoms with van der Waals surface area (Å²) < 4.78 is 0. The van der Waals surface area contributed by atoms with E-state index in [4.69, 9.17) is 0 Å². The summed E-state index contributed by atoms with van der Waals surface area (Å²) in [5, 5.41) is 1.17. The Bertz CT molecular complexity index is 959. The molecule has 0 bridgehead atoms. The molecule has 0 spiro atoms. The number of para-hydroxylation sites is 1. The maximum absolute atomic E-state index is 12.8. The fourth-order valence-corrected chi connectivity index (χ4v) is 3.69. The predicted molar refractivity (Wildman–Crippen MR) is 95.2 cm³/mol. The minimum Gasteiger partial charge on any atom is -0.361 e. The number of carbonyl (C=O) groups excluding carboxylic acids is 1. The topological polar surface area (TPSA) is 81.8 Å². The highest BCUT2D eigenvalue weighted by atomic mass is 16.2. The van der Waals surface area contributed by atoms with Gasteiger partial charge in [-0.2, -0.15) is 0 Å². The molecule has 3 aromatic rings. The van der Waals surface area contributed by atoms with E-state index in [2.05, 4.69) is 21.0 Å². The molecule has 3 heterocycles. The first-order valence-electron chi connectivity index (χ1n) is 8.62. The summed E-state index contributed by atoms with van der Waals surface area (Å²) in [5.74, 6) is 0.130. The molecule has 6 nitrogen and oxygen atoms in total. The number of amides is 1. The maximum Gasteiger partial charge on any atom is 0.345 e. The average molecular weight is 336 g/mol. The average Bonchev–Trinajstić information content (AvgIpc) is 3.27. The third-order valence-corrected chi connectivity index (χ3v) is 4.91. The van der Waals surface area contributed by atoms with Crippen molar-refractivity contribution in [1.29, 1.82) is 0 Å². The van der Waals surface area contributed by atoms with Crippen LogP contribution in [-0.2, 0) is 11.2 Å². The molecule has 0 aliphatic carbocycles. The second kappa shape index (κ2) is 6.55. The van der Waals surface area contributed by atoms with Gasteiger partial charge in [-0.05, 0) is 37.0 Å². The number of rotatable bonds is 4. The lowest BCUT2D eigenvalue weighted by molar-refractivity contribution is -0.132. The number of likely N-dealkylation sites (tertiary alicyclic amines) is 1. The van der Waals surface area contributed by atoms with Crippen LogP contribution in [0.2, 0.25) is 0 Å². The number of carbonyl (C=O) groups is 1. The van der Waals surface area contributed by atoms with Crippen LogP contribution in [0.1, 0.15) is 36.6 Å². The van der Waals surface area contributed by atoms with Gasteiger partial charge in [-0.25, -0.2) is 9.78 Å². The third-order valence-electron chi connectivity index (χ3n) is 4.91. The van der Waals surface area contributed by atoms with E-state index >= 15 is 0 Å². The van der Waals surface area contributed by atoms with Crippen LogP contribution in [0.15, 0.2) is 47.5 Å². The maximum atomic E-state index is 12.8. The van der Waals surface area contributed by atoms with Crippen molar-refractivity contribution in [2.24, 2.45) is 0 Å². The van der Waals surface area contributed by atoms with Crippen LogP contribution in [0.3, 0.4) is 0 Å². The molecule has 6 heteroatoms. The van der Waals surface area contributed by atoms with E-state index in [1.807, 2.05) is 29.3 Å². The van der Waals surface area contributed by atoms with Crippen LogP contribution >= 0.6 is 0 Å². The predicted octanol–water partition coefficient (Wildman–Crippen LogP) is 2.55. The molecule has 128 valence electrons. The summed E-state index contributed by atoms with van der Waals surface area (Å²) in [5.41, 5.74) is 2.67. The number of H-pyrrole nitrogens is 2. The van der Waals surface area contributed by atoms with Crippen molar-refractivity contribution in [3.63, 3.8) is 0 Å². The second-order valence-electron chi connectivity index (χ2n) is 6.43. The highest BCUT2D eigenvalue weighted by Gasteiger charge is 2.30. The normalized spacial score (nSPS) is 17.3. The van der Waals surface area contributed by atoms with Gasteiger partial charge >= 0.3 is 5.69 Å². The van der Waals surface area contributed by atoms with E-state index in [1.165, 1.54) is 11.6 Å². The molecule has 2 aromatic heterocycles. The highest BCUT2D eigenvalue weighted by Crippen LogP contribution is 2.31. The molecule has 1 atom stereocenters. The lowest BCUT2D eigenvalue weighted by atomic mass is 10.1. The van der Waals surface area contributed by atoms with E-state index in [1.54, 1.807) is 6.07 Å². The van der Waals surface area contributed by atoms with Crippen LogP contribution in [-0.4, -0.2) is 32.3 Å². The van der Waals surface area contributed by atoms with Gasteiger partial charge in [0, 0.05) is 42.0 Å². The van der Waals surface area contributed by atoms with Gasteiger partial charge < -0.3 is 14.9 Å². The summed E-state index contributed by atoms with van der Waals surface area (Å²) in [6.45, 7) is 0.738. The Labute approximate surface area is 144 Å². The standard InChI is InChI=1S/C19H20N4O2/c24-18(8-7-13-12-21-15-5-2-1-4-14(13)15)23-11-3-6-17(23)16-9-10-20-19(25)22-16/h1-2,4-5,9-10,12,17,21H,3,6-8,11H2,(H,20,22,25)/t17-/m1/s1. The first-order chi connectivity index (χ1) is 12.2. The molecule has 1 aliphatic rings. The minimum absolute atomic E-state index is 0.0498. The van der Waals surface area contributed by atoms with Gasteiger partial charge in [-0.15, -0.1) is 0 Å². The van der Waals surface area contributed by atoms with Gasteiger partial charge in [-0.1, -0.05) is 18.2 Å². The van der Waals surface area contributed by atoms with Crippen molar-refractivity contribution in [3.05, 3.63) is 64.5 Å². The first kappa shape index (κ1) is 15.6. The molecule has 0 unspecified atom stereocenters. The van der Waals surface area contributed by atoms with Crippen LogP contribution in [0.5, 0.6) is 0 Å². The van der Waals surface area contributed by atoms with Crippen LogP contribution < -0.4 is 5.69 Å². The van der Waals surface area contributed by atoms with Gasteiger partial charge in [0.1, 0.15) is 0 Å². The lowest BCUT2D eigenvalue weighted by Gasteiger charge is -2.24. The number of hydrogen-bond acceptors (Lipinski definition) is 3. The zero-order valence-electron chi connectivity index (χ0n) is 13.9. The van der Waals surface area contributed by atoms with Gasteiger partial charge in [0.15, 0.2) is 0 Å². The Hall–Kier alpha value is -2.89. The Morgan fingerprint density at radius 3 is 3.04 bits per heavy atom. The van der Waals surface area contributed by atoms with Crippen molar-refractivity contribution in [1.82, 2.24) is 19.9 Å².